The van der Waals surface area contributed by atoms with Gasteiger partial charge in [0.25, 0.3) is 0 Å². The number of hydrogen-bond donors (Lipinski definition) is 2. The number of amides is 2. The van der Waals surface area contributed by atoms with Gasteiger partial charge in [0.1, 0.15) is 6.04 Å². The molecule has 5 rings (SSSR count). The van der Waals surface area contributed by atoms with Crippen LogP contribution < -0.4 is 10.6 Å². The van der Waals surface area contributed by atoms with Crippen LogP contribution in [0.4, 0.5) is 5.13 Å². The van der Waals surface area contributed by atoms with E-state index in [9.17, 15) is 9.59 Å². The first-order valence-corrected chi connectivity index (χ1v) is 10.8. The van der Waals surface area contributed by atoms with E-state index in [0.717, 1.165) is 17.8 Å². The number of carbonyl (C=O) groups is 2. The summed E-state index contributed by atoms with van der Waals surface area (Å²) >= 11 is 1.52. The molecule has 1 aromatic rings. The van der Waals surface area contributed by atoms with Gasteiger partial charge in [-0.2, -0.15) is 0 Å². The van der Waals surface area contributed by atoms with Gasteiger partial charge in [-0.1, -0.05) is 13.8 Å². The van der Waals surface area contributed by atoms with Crippen LogP contribution in [0.3, 0.4) is 0 Å². The number of thiazole rings is 1. The van der Waals surface area contributed by atoms with Gasteiger partial charge in [0.05, 0.1) is 5.69 Å². The molecule has 4 fully saturated rings. The summed E-state index contributed by atoms with van der Waals surface area (Å²) < 4.78 is 0. The molecule has 1 atom stereocenters. The van der Waals surface area contributed by atoms with Crippen LogP contribution in [-0.4, -0.2) is 22.8 Å². The smallest absolute Gasteiger partial charge is 0.248 e. The van der Waals surface area contributed by atoms with Crippen molar-refractivity contribution in [2.24, 2.45) is 23.7 Å². The Morgan fingerprint density at radius 2 is 1.73 bits per heavy atom. The molecule has 0 aliphatic heterocycles. The molecule has 0 unspecified atom stereocenters. The molecule has 0 aromatic carbocycles. The van der Waals surface area contributed by atoms with Crippen LogP contribution in [0.5, 0.6) is 0 Å². The lowest BCUT2D eigenvalue weighted by Crippen LogP contribution is -2.48. The molecule has 4 aliphatic carbocycles. The molecular formula is C20H29N3O2S. The van der Waals surface area contributed by atoms with Crippen LogP contribution in [0, 0.1) is 23.7 Å². The van der Waals surface area contributed by atoms with E-state index >= 15 is 0 Å². The Hall–Kier alpha value is -1.43. The largest absolute Gasteiger partial charge is 0.344 e. The number of nitrogens with one attached hydrogen (secondary N) is 2. The second kappa shape index (κ2) is 6.63. The van der Waals surface area contributed by atoms with Gasteiger partial charge in [-0.05, 0) is 62.2 Å². The molecule has 0 radical (unpaired) electrons. The topological polar surface area (TPSA) is 71.1 Å². The van der Waals surface area contributed by atoms with Gasteiger partial charge in [-0.3, -0.25) is 9.59 Å². The molecule has 6 heteroatoms. The molecule has 4 bridgehead atoms. The van der Waals surface area contributed by atoms with Gasteiger partial charge in [0, 0.05) is 17.7 Å². The van der Waals surface area contributed by atoms with E-state index in [1.807, 2.05) is 13.8 Å². The highest BCUT2D eigenvalue weighted by Crippen LogP contribution is 2.60. The molecule has 1 heterocycles. The average molecular weight is 376 g/mol. The number of anilines is 1. The Morgan fingerprint density at radius 3 is 2.23 bits per heavy atom. The summed E-state index contributed by atoms with van der Waals surface area (Å²) in [5.74, 6) is 2.30. The second-order valence-corrected chi connectivity index (χ2v) is 10.0. The van der Waals surface area contributed by atoms with Gasteiger partial charge >= 0.3 is 0 Å². The van der Waals surface area contributed by atoms with E-state index in [1.54, 1.807) is 0 Å². The minimum atomic E-state index is -0.528. The zero-order chi connectivity index (χ0) is 18.5. The van der Waals surface area contributed by atoms with Crippen LogP contribution >= 0.6 is 11.3 Å². The molecule has 1 aromatic heterocycles. The van der Waals surface area contributed by atoms with Crippen molar-refractivity contribution in [1.29, 1.82) is 0 Å². The minimum absolute atomic E-state index is 0.0292. The molecule has 4 aliphatic rings. The number of rotatable bonds is 5. The van der Waals surface area contributed by atoms with E-state index < -0.39 is 6.04 Å². The Morgan fingerprint density at radius 1 is 1.15 bits per heavy atom. The molecule has 4 saturated carbocycles. The molecule has 5 nitrogen and oxygen atoms in total. The first-order valence-electron chi connectivity index (χ1n) is 9.88. The normalized spacial score (nSPS) is 33.3. The van der Waals surface area contributed by atoms with Crippen molar-refractivity contribution in [3.05, 3.63) is 11.1 Å². The monoisotopic (exact) mass is 375 g/mol. The molecule has 2 amide bonds. The highest BCUT2D eigenvalue weighted by molar-refractivity contribution is 7.14. The summed E-state index contributed by atoms with van der Waals surface area (Å²) in [4.78, 5) is 28.8. The Bertz CT molecular complexity index is 676. The summed E-state index contributed by atoms with van der Waals surface area (Å²) in [5.41, 5.74) is 1.45. The van der Waals surface area contributed by atoms with Crippen molar-refractivity contribution in [1.82, 2.24) is 10.3 Å². The van der Waals surface area contributed by atoms with E-state index in [0.29, 0.717) is 5.13 Å². The number of hydrogen-bond acceptors (Lipinski definition) is 4. The van der Waals surface area contributed by atoms with E-state index in [-0.39, 0.29) is 23.1 Å². The molecule has 0 spiro atoms. The third-order valence-electron chi connectivity index (χ3n) is 6.62. The third kappa shape index (κ3) is 3.28. The molecule has 2 N–H and O–H groups in total. The predicted octanol–water partition coefficient (Wildman–Crippen LogP) is 3.71. The van der Waals surface area contributed by atoms with Crippen LogP contribution in [-0.2, 0) is 15.0 Å². The van der Waals surface area contributed by atoms with Crippen molar-refractivity contribution in [3.8, 4) is 0 Å². The first kappa shape index (κ1) is 18.0. The lowest BCUT2D eigenvalue weighted by Gasteiger charge is -2.56. The maximum atomic E-state index is 12.6. The first-order chi connectivity index (χ1) is 12.3. The van der Waals surface area contributed by atoms with E-state index in [1.165, 1.54) is 62.5 Å². The van der Waals surface area contributed by atoms with Crippen molar-refractivity contribution >= 4 is 28.3 Å². The van der Waals surface area contributed by atoms with E-state index in [2.05, 4.69) is 16.0 Å². The van der Waals surface area contributed by atoms with Crippen LogP contribution in [0.1, 0.15) is 65.0 Å². The summed E-state index contributed by atoms with van der Waals surface area (Å²) in [6.45, 7) is 5.31. The van der Waals surface area contributed by atoms with Crippen molar-refractivity contribution in [3.63, 3.8) is 0 Å². The third-order valence-corrected chi connectivity index (χ3v) is 7.38. The van der Waals surface area contributed by atoms with E-state index in [4.69, 9.17) is 4.98 Å². The quantitative estimate of drug-likeness (QED) is 0.824. The average Bonchev–Trinajstić information content (AvgIpc) is 3.00. The highest BCUT2D eigenvalue weighted by Gasteiger charge is 2.52. The zero-order valence-corrected chi connectivity index (χ0v) is 16.7. The Balaban J connectivity index is 1.48. The molecule has 0 saturated heterocycles. The maximum absolute atomic E-state index is 12.6. The Labute approximate surface area is 159 Å². The fourth-order valence-corrected chi connectivity index (χ4v) is 6.77. The van der Waals surface area contributed by atoms with Crippen molar-refractivity contribution in [2.75, 3.05) is 5.32 Å². The SMILES string of the molecule is CC(=O)N[C@H](C(=O)Nc1nc(C23CC4CC(CC(C4)C2)C3)cs1)C(C)C. The fraction of sp³-hybridized carbons (Fsp3) is 0.750. The van der Waals surface area contributed by atoms with Crippen LogP contribution in [0.2, 0.25) is 0 Å². The number of carbonyl (C=O) groups excluding carboxylic acids is 2. The predicted molar refractivity (Wildman–Crippen MR) is 103 cm³/mol. The second-order valence-electron chi connectivity index (χ2n) is 9.15. The highest BCUT2D eigenvalue weighted by atomic mass is 32.1. The standard InChI is InChI=1S/C20H29N3O2S/c1-11(2)17(21-12(3)24)18(25)23-19-22-16(10-26-19)20-7-13-4-14(8-20)6-15(5-13)9-20/h10-11,13-15,17H,4-9H2,1-3H3,(H,21,24)(H,22,23,25)/t13?,14?,15?,17-,20?/m0/s1. The van der Waals surface area contributed by atoms with Gasteiger partial charge in [0.2, 0.25) is 11.8 Å². The van der Waals surface area contributed by atoms with Gasteiger partial charge in [-0.15, -0.1) is 11.3 Å². The van der Waals surface area contributed by atoms with Crippen molar-refractivity contribution < 1.29 is 9.59 Å². The number of aromatic nitrogens is 1. The summed E-state index contributed by atoms with van der Waals surface area (Å²) in [6, 6.07) is -0.528. The van der Waals surface area contributed by atoms with Gasteiger partial charge in [-0.25, -0.2) is 4.98 Å². The van der Waals surface area contributed by atoms with Crippen LogP contribution in [0.25, 0.3) is 0 Å². The fourth-order valence-electron chi connectivity index (χ4n) is 5.94. The zero-order valence-electron chi connectivity index (χ0n) is 15.9. The molecule has 142 valence electrons. The maximum Gasteiger partial charge on any atom is 0.248 e. The van der Waals surface area contributed by atoms with Crippen molar-refractivity contribution in [2.45, 2.75) is 70.8 Å². The lowest BCUT2D eigenvalue weighted by atomic mass is 9.49. The number of nitrogens with zero attached hydrogens (tertiary/aromatic N) is 1. The summed E-state index contributed by atoms with van der Waals surface area (Å²) in [6.07, 6.45) is 8.07. The molecular weight excluding hydrogens is 346 g/mol. The lowest BCUT2D eigenvalue weighted by molar-refractivity contribution is -0.126. The summed E-state index contributed by atoms with van der Waals surface area (Å²) in [7, 11) is 0. The van der Waals surface area contributed by atoms with Gasteiger partial charge in [0.15, 0.2) is 5.13 Å². The van der Waals surface area contributed by atoms with Crippen LogP contribution in [0.15, 0.2) is 5.38 Å². The Kier molecular flexibility index (Phi) is 4.58. The summed E-state index contributed by atoms with van der Waals surface area (Å²) in [5, 5.41) is 8.50. The molecule has 26 heavy (non-hydrogen) atoms. The minimum Gasteiger partial charge on any atom is -0.344 e. The van der Waals surface area contributed by atoms with Gasteiger partial charge < -0.3 is 10.6 Å².